The Balaban J connectivity index is 1.81. The summed E-state index contributed by atoms with van der Waals surface area (Å²) in [5.74, 6) is 7.88. The lowest BCUT2D eigenvalue weighted by molar-refractivity contribution is -0.137. The third-order valence-electron chi connectivity index (χ3n) is 6.44. The third kappa shape index (κ3) is 8.27. The fraction of sp³-hybridized carbons (Fsp3) is 0.567. The van der Waals surface area contributed by atoms with Gasteiger partial charge in [-0.2, -0.15) is 5.10 Å². The van der Waals surface area contributed by atoms with Crippen molar-refractivity contribution >= 4 is 17.7 Å². The molecule has 0 spiro atoms. The zero-order valence-electron chi connectivity index (χ0n) is 22.4. The first-order chi connectivity index (χ1) is 17.1. The molecule has 0 fully saturated rings. The van der Waals surface area contributed by atoms with Gasteiger partial charge in [0.05, 0.1) is 5.69 Å². The van der Waals surface area contributed by atoms with Gasteiger partial charge >= 0.3 is 5.97 Å². The maximum Gasteiger partial charge on any atom is 0.303 e. The lowest BCUT2D eigenvalue weighted by Gasteiger charge is -2.42. The van der Waals surface area contributed by atoms with E-state index in [9.17, 15) is 4.79 Å². The molecule has 0 amide bonds. The van der Waals surface area contributed by atoms with Gasteiger partial charge in [-0.25, -0.2) is 0 Å². The van der Waals surface area contributed by atoms with Crippen molar-refractivity contribution in [1.82, 2.24) is 10.2 Å². The van der Waals surface area contributed by atoms with Gasteiger partial charge in [0, 0.05) is 22.4 Å². The van der Waals surface area contributed by atoms with Gasteiger partial charge in [0.2, 0.25) is 0 Å². The maximum atomic E-state index is 10.7. The van der Waals surface area contributed by atoms with Gasteiger partial charge < -0.3 is 9.84 Å². The molecule has 1 aliphatic rings. The second kappa shape index (κ2) is 12.6. The number of benzene rings is 1. The minimum absolute atomic E-state index is 0.0000710. The number of ether oxygens (including phenoxy) is 1. The maximum absolute atomic E-state index is 10.7. The van der Waals surface area contributed by atoms with Crippen LogP contribution in [0.2, 0.25) is 0 Å². The highest BCUT2D eigenvalue weighted by molar-refractivity contribution is 7.99. The summed E-state index contributed by atoms with van der Waals surface area (Å²) >= 11 is 1.86. The summed E-state index contributed by atoms with van der Waals surface area (Å²) in [5.41, 5.74) is 3.54. The van der Waals surface area contributed by atoms with Crippen molar-refractivity contribution in [3.05, 3.63) is 46.8 Å². The predicted octanol–water partition coefficient (Wildman–Crippen LogP) is 7.18. The molecule has 1 aliphatic heterocycles. The summed E-state index contributed by atoms with van der Waals surface area (Å²) in [4.78, 5) is 11.8. The van der Waals surface area contributed by atoms with E-state index in [0.29, 0.717) is 12.1 Å². The van der Waals surface area contributed by atoms with Crippen molar-refractivity contribution in [2.75, 3.05) is 5.75 Å². The van der Waals surface area contributed by atoms with Gasteiger partial charge in [-0.05, 0) is 87.3 Å². The van der Waals surface area contributed by atoms with Crippen molar-refractivity contribution < 1.29 is 14.6 Å². The van der Waals surface area contributed by atoms with Crippen molar-refractivity contribution in [2.24, 2.45) is 0 Å². The fourth-order valence-electron chi connectivity index (χ4n) is 4.87. The van der Waals surface area contributed by atoms with Crippen LogP contribution < -0.4 is 4.74 Å². The summed E-state index contributed by atoms with van der Waals surface area (Å²) < 4.78 is 6.41. The molecule has 2 heterocycles. The minimum atomic E-state index is -0.758. The molecule has 194 valence electrons. The van der Waals surface area contributed by atoms with Crippen LogP contribution in [-0.2, 0) is 16.6 Å². The van der Waals surface area contributed by atoms with Crippen LogP contribution in [0.1, 0.15) is 109 Å². The summed E-state index contributed by atoms with van der Waals surface area (Å²) in [6.07, 6.45) is 8.26. The number of carbonyl (C=O) groups is 1. The van der Waals surface area contributed by atoms with E-state index in [1.54, 1.807) is 0 Å². The highest BCUT2D eigenvalue weighted by Crippen LogP contribution is 2.46. The monoisotopic (exact) mass is 508 g/mol. The molecule has 0 atom stereocenters. The molecule has 36 heavy (non-hydrogen) atoms. The van der Waals surface area contributed by atoms with Crippen LogP contribution in [0, 0.1) is 11.8 Å². The Bertz CT molecular complexity index is 1100. The number of thioether (sulfide) groups is 1. The highest BCUT2D eigenvalue weighted by atomic mass is 32.2. The van der Waals surface area contributed by atoms with Crippen LogP contribution in [-0.4, -0.2) is 32.6 Å². The van der Waals surface area contributed by atoms with Crippen LogP contribution >= 0.6 is 11.8 Å². The highest BCUT2D eigenvalue weighted by Gasteiger charge is 2.39. The molecule has 3 rings (SSSR count). The number of fused-ring (bicyclic) bond motifs is 1. The molecule has 6 heteroatoms. The van der Waals surface area contributed by atoms with Gasteiger partial charge in [-0.15, -0.1) is 16.9 Å². The molecule has 1 aromatic heterocycles. The number of aliphatic carboxylic acids is 1. The van der Waals surface area contributed by atoms with Crippen LogP contribution in [0.4, 0.5) is 0 Å². The zero-order valence-corrected chi connectivity index (χ0v) is 23.3. The summed E-state index contributed by atoms with van der Waals surface area (Å²) in [6, 6.07) is 8.25. The molecule has 1 aromatic carbocycles. The Morgan fingerprint density at radius 3 is 2.56 bits per heavy atom. The number of aromatic nitrogens is 2. The standard InChI is InChI=1S/C30H40N2O3S/c1-6-7-8-11-18-36-27-20-26-25(29(2,3)21-30(4,5)35-26)19-22(27)14-15-24-17-16-23(31-32-24)12-9-10-13-28(33)34/h16-17,19-20H,6-13,18,21H2,1-5H3,(H,33,34). The van der Waals surface area contributed by atoms with Crippen LogP contribution in [0.25, 0.3) is 0 Å². The second-order valence-corrected chi connectivity index (χ2v) is 12.1. The van der Waals surface area contributed by atoms with E-state index in [0.717, 1.165) is 46.9 Å². The molecule has 0 saturated carbocycles. The van der Waals surface area contributed by atoms with Gasteiger partial charge in [0.15, 0.2) is 0 Å². The van der Waals surface area contributed by atoms with E-state index in [4.69, 9.17) is 9.84 Å². The van der Waals surface area contributed by atoms with Crippen molar-refractivity contribution in [3.63, 3.8) is 0 Å². The summed E-state index contributed by atoms with van der Waals surface area (Å²) in [6.45, 7) is 11.1. The first-order valence-corrected chi connectivity index (χ1v) is 14.1. The molecule has 2 aromatic rings. The molecular weight excluding hydrogens is 468 g/mol. The smallest absolute Gasteiger partial charge is 0.303 e. The molecule has 0 radical (unpaired) electrons. The number of aryl methyl sites for hydroxylation is 1. The SMILES string of the molecule is CCCCCCSc1cc2c(cc1C#Cc1ccc(CCCCC(=O)O)nn1)C(C)(C)CC(C)(C)O2. The van der Waals surface area contributed by atoms with E-state index < -0.39 is 5.97 Å². The van der Waals surface area contributed by atoms with E-state index in [1.165, 1.54) is 31.2 Å². The van der Waals surface area contributed by atoms with Gasteiger partial charge in [0.25, 0.3) is 0 Å². The second-order valence-electron chi connectivity index (χ2n) is 10.9. The average molecular weight is 509 g/mol. The molecule has 5 nitrogen and oxygen atoms in total. The Labute approximate surface area is 220 Å². The van der Waals surface area contributed by atoms with E-state index in [-0.39, 0.29) is 17.4 Å². The quantitative estimate of drug-likeness (QED) is 0.197. The number of hydrogen-bond donors (Lipinski definition) is 1. The largest absolute Gasteiger partial charge is 0.487 e. The molecule has 1 N–H and O–H groups in total. The zero-order chi connectivity index (χ0) is 26.2. The Hall–Kier alpha value is -2.52. The third-order valence-corrected chi connectivity index (χ3v) is 7.58. The van der Waals surface area contributed by atoms with Gasteiger partial charge in [-0.3, -0.25) is 4.79 Å². The van der Waals surface area contributed by atoms with E-state index in [2.05, 4.69) is 68.8 Å². The number of hydrogen-bond acceptors (Lipinski definition) is 5. The average Bonchev–Trinajstić information content (AvgIpc) is 2.80. The lowest BCUT2D eigenvalue weighted by Crippen LogP contribution is -2.41. The molecular formula is C30H40N2O3S. The Morgan fingerprint density at radius 1 is 1.06 bits per heavy atom. The molecule has 0 unspecified atom stereocenters. The lowest BCUT2D eigenvalue weighted by atomic mass is 9.73. The van der Waals surface area contributed by atoms with E-state index in [1.807, 2.05) is 23.9 Å². The predicted molar refractivity (Wildman–Crippen MR) is 147 cm³/mol. The number of unbranched alkanes of at least 4 members (excludes halogenated alkanes) is 4. The van der Waals surface area contributed by atoms with Crippen LogP contribution in [0.3, 0.4) is 0 Å². The number of carboxylic acid groups (broad SMARTS) is 1. The first-order valence-electron chi connectivity index (χ1n) is 13.2. The summed E-state index contributed by atoms with van der Waals surface area (Å²) in [5, 5.41) is 17.4. The summed E-state index contributed by atoms with van der Waals surface area (Å²) in [7, 11) is 0. The number of carboxylic acids is 1. The van der Waals surface area contributed by atoms with Crippen LogP contribution in [0.15, 0.2) is 29.2 Å². The fourth-order valence-corrected chi connectivity index (χ4v) is 5.89. The molecule has 0 bridgehead atoms. The topological polar surface area (TPSA) is 72.3 Å². The van der Waals surface area contributed by atoms with E-state index >= 15 is 0 Å². The van der Waals surface area contributed by atoms with Crippen LogP contribution in [0.5, 0.6) is 5.75 Å². The number of rotatable bonds is 11. The first kappa shape index (κ1) is 28.1. The number of nitrogens with zero attached hydrogens (tertiary/aromatic N) is 2. The minimum Gasteiger partial charge on any atom is -0.487 e. The normalized spacial score (nSPS) is 15.4. The Kier molecular flexibility index (Phi) is 9.84. The van der Waals surface area contributed by atoms with Crippen molar-refractivity contribution in [1.29, 1.82) is 0 Å². The molecule has 0 saturated heterocycles. The van der Waals surface area contributed by atoms with Crippen molar-refractivity contribution in [3.8, 4) is 17.6 Å². The van der Waals surface area contributed by atoms with Gasteiger partial charge in [-0.1, -0.05) is 46.0 Å². The van der Waals surface area contributed by atoms with Crippen molar-refractivity contribution in [2.45, 2.75) is 108 Å². The molecule has 0 aliphatic carbocycles. The van der Waals surface area contributed by atoms with Gasteiger partial charge in [0.1, 0.15) is 17.0 Å². The Morgan fingerprint density at radius 2 is 1.86 bits per heavy atom.